The molecule has 3 aromatic rings. The van der Waals surface area contributed by atoms with Crippen LogP contribution in [-0.4, -0.2) is 36.3 Å². The molecule has 0 atom stereocenters. The number of rotatable bonds is 3. The number of hydrogen-bond donors (Lipinski definition) is 2. The monoisotopic (exact) mass is 353 g/mol. The Kier molecular flexibility index (Phi) is 4.57. The fourth-order valence-electron chi connectivity index (χ4n) is 3.27. The van der Waals surface area contributed by atoms with E-state index in [1.165, 1.54) is 0 Å². The Morgan fingerprint density at radius 2 is 1.84 bits per heavy atom. The molecule has 2 aromatic carbocycles. The highest BCUT2D eigenvalue weighted by Crippen LogP contribution is 2.31. The third-order valence-electron chi connectivity index (χ3n) is 4.61. The zero-order chi connectivity index (χ0) is 17.2. The van der Waals surface area contributed by atoms with Gasteiger partial charge in [0.2, 0.25) is 0 Å². The van der Waals surface area contributed by atoms with E-state index in [-0.39, 0.29) is 6.61 Å². The van der Waals surface area contributed by atoms with E-state index in [4.69, 9.17) is 16.6 Å². The highest BCUT2D eigenvalue weighted by molar-refractivity contribution is 6.33. The van der Waals surface area contributed by atoms with Crippen molar-refractivity contribution in [1.29, 1.82) is 0 Å². The van der Waals surface area contributed by atoms with Crippen LogP contribution in [0.3, 0.4) is 0 Å². The second kappa shape index (κ2) is 7.00. The summed E-state index contributed by atoms with van der Waals surface area (Å²) in [6.45, 7) is 3.80. The van der Waals surface area contributed by atoms with Gasteiger partial charge in [-0.1, -0.05) is 35.9 Å². The van der Waals surface area contributed by atoms with Crippen LogP contribution in [0.15, 0.2) is 48.5 Å². The largest absolute Gasteiger partial charge is 0.392 e. The van der Waals surface area contributed by atoms with E-state index in [9.17, 15) is 5.11 Å². The molecule has 128 valence electrons. The molecule has 2 heterocycles. The molecular weight excluding hydrogens is 334 g/mol. The van der Waals surface area contributed by atoms with Gasteiger partial charge in [0.05, 0.1) is 17.1 Å². The molecular formula is C20H20ClN3O. The third-order valence-corrected chi connectivity index (χ3v) is 4.89. The van der Waals surface area contributed by atoms with Crippen LogP contribution < -0.4 is 10.2 Å². The number of benzene rings is 2. The van der Waals surface area contributed by atoms with Crippen LogP contribution >= 0.6 is 11.6 Å². The van der Waals surface area contributed by atoms with Gasteiger partial charge in [-0.3, -0.25) is 0 Å². The van der Waals surface area contributed by atoms with Crippen LogP contribution in [0.25, 0.3) is 22.0 Å². The first kappa shape index (κ1) is 16.3. The van der Waals surface area contributed by atoms with Gasteiger partial charge < -0.3 is 15.3 Å². The minimum absolute atomic E-state index is 0.0445. The molecule has 0 bridgehead atoms. The van der Waals surface area contributed by atoms with Gasteiger partial charge in [0, 0.05) is 31.6 Å². The number of anilines is 1. The summed E-state index contributed by atoms with van der Waals surface area (Å²) in [5.74, 6) is 0.866. The molecule has 25 heavy (non-hydrogen) atoms. The molecule has 1 fully saturated rings. The molecule has 0 amide bonds. The van der Waals surface area contributed by atoms with Crippen LogP contribution in [0.4, 0.5) is 5.82 Å². The number of hydrogen-bond acceptors (Lipinski definition) is 4. The average molecular weight is 354 g/mol. The second-order valence-corrected chi connectivity index (χ2v) is 6.70. The van der Waals surface area contributed by atoms with Gasteiger partial charge in [-0.15, -0.1) is 0 Å². The molecule has 0 unspecified atom stereocenters. The third kappa shape index (κ3) is 3.33. The number of piperazine rings is 1. The Morgan fingerprint density at radius 3 is 2.64 bits per heavy atom. The van der Waals surface area contributed by atoms with Gasteiger partial charge in [0.15, 0.2) is 0 Å². The lowest BCUT2D eigenvalue weighted by Gasteiger charge is -2.29. The van der Waals surface area contributed by atoms with Crippen molar-refractivity contribution in [3.8, 4) is 11.1 Å². The van der Waals surface area contributed by atoms with Crippen molar-refractivity contribution < 1.29 is 5.11 Å². The lowest BCUT2D eigenvalue weighted by atomic mass is 10.0. The Morgan fingerprint density at radius 1 is 1.04 bits per heavy atom. The van der Waals surface area contributed by atoms with E-state index >= 15 is 0 Å². The van der Waals surface area contributed by atoms with Gasteiger partial charge in [-0.2, -0.15) is 0 Å². The van der Waals surface area contributed by atoms with Crippen molar-refractivity contribution in [3.05, 3.63) is 59.1 Å². The summed E-state index contributed by atoms with van der Waals surface area (Å²) >= 11 is 6.52. The molecule has 0 radical (unpaired) electrons. The molecule has 1 saturated heterocycles. The molecule has 5 heteroatoms. The normalized spacial score (nSPS) is 14.9. The van der Waals surface area contributed by atoms with Crippen LogP contribution in [0.1, 0.15) is 5.56 Å². The Labute approximate surface area is 152 Å². The fourth-order valence-corrected chi connectivity index (χ4v) is 3.55. The van der Waals surface area contributed by atoms with Crippen molar-refractivity contribution in [2.75, 3.05) is 31.1 Å². The van der Waals surface area contributed by atoms with Crippen LogP contribution in [0.5, 0.6) is 0 Å². The van der Waals surface area contributed by atoms with E-state index in [0.29, 0.717) is 5.02 Å². The second-order valence-electron chi connectivity index (χ2n) is 6.30. The number of pyridine rings is 1. The van der Waals surface area contributed by atoms with Crippen molar-refractivity contribution in [2.45, 2.75) is 6.61 Å². The first-order chi connectivity index (χ1) is 12.2. The van der Waals surface area contributed by atoms with Crippen molar-refractivity contribution >= 4 is 28.3 Å². The first-order valence-corrected chi connectivity index (χ1v) is 8.88. The maximum Gasteiger partial charge on any atom is 0.148 e. The predicted octanol–water partition coefficient (Wildman–Crippen LogP) is 3.46. The number of nitrogens with zero attached hydrogens (tertiary/aromatic N) is 2. The summed E-state index contributed by atoms with van der Waals surface area (Å²) in [6, 6.07) is 16.1. The van der Waals surface area contributed by atoms with Gasteiger partial charge in [0.1, 0.15) is 5.82 Å². The summed E-state index contributed by atoms with van der Waals surface area (Å²) in [5, 5.41) is 14.4. The minimum atomic E-state index is 0.0445. The summed E-state index contributed by atoms with van der Waals surface area (Å²) in [6.07, 6.45) is 0. The van der Waals surface area contributed by atoms with Gasteiger partial charge in [0.25, 0.3) is 0 Å². The molecule has 1 aromatic heterocycles. The first-order valence-electron chi connectivity index (χ1n) is 8.51. The number of fused-ring (bicyclic) bond motifs is 1. The number of aliphatic hydroxyl groups is 1. The fraction of sp³-hybridized carbons (Fsp3) is 0.250. The molecule has 0 aliphatic carbocycles. The predicted molar refractivity (Wildman–Crippen MR) is 103 cm³/mol. The zero-order valence-corrected chi connectivity index (χ0v) is 14.6. The highest BCUT2D eigenvalue weighted by atomic mass is 35.5. The average Bonchev–Trinajstić information content (AvgIpc) is 2.67. The summed E-state index contributed by atoms with van der Waals surface area (Å²) < 4.78 is 0. The topological polar surface area (TPSA) is 48.4 Å². The maximum atomic E-state index is 9.33. The molecule has 0 saturated carbocycles. The van der Waals surface area contributed by atoms with E-state index < -0.39 is 0 Å². The van der Waals surface area contributed by atoms with Crippen molar-refractivity contribution in [2.24, 2.45) is 0 Å². The summed E-state index contributed by atoms with van der Waals surface area (Å²) in [5.41, 5.74) is 4.02. The molecule has 2 N–H and O–H groups in total. The van der Waals surface area contributed by atoms with Crippen molar-refractivity contribution in [3.63, 3.8) is 0 Å². The van der Waals surface area contributed by atoms with E-state index in [2.05, 4.69) is 22.3 Å². The van der Waals surface area contributed by atoms with E-state index in [1.54, 1.807) is 0 Å². The SMILES string of the molecule is OCc1cccc(-c2ccc3nc(N4CCNCC4)c(Cl)cc3c2)c1. The lowest BCUT2D eigenvalue weighted by molar-refractivity contribution is 0.282. The van der Waals surface area contributed by atoms with E-state index in [0.717, 1.165) is 59.6 Å². The van der Waals surface area contributed by atoms with Crippen LogP contribution in [0.2, 0.25) is 5.02 Å². The number of halogens is 1. The van der Waals surface area contributed by atoms with E-state index in [1.807, 2.05) is 36.4 Å². The zero-order valence-electron chi connectivity index (χ0n) is 13.9. The molecule has 1 aliphatic heterocycles. The summed E-state index contributed by atoms with van der Waals surface area (Å²) in [7, 11) is 0. The van der Waals surface area contributed by atoms with Crippen LogP contribution in [-0.2, 0) is 6.61 Å². The smallest absolute Gasteiger partial charge is 0.148 e. The van der Waals surface area contributed by atoms with Crippen LogP contribution in [0, 0.1) is 0 Å². The number of nitrogens with one attached hydrogen (secondary N) is 1. The van der Waals surface area contributed by atoms with Gasteiger partial charge >= 0.3 is 0 Å². The number of aliphatic hydroxyl groups excluding tert-OH is 1. The summed E-state index contributed by atoms with van der Waals surface area (Å²) in [4.78, 5) is 7.03. The number of aromatic nitrogens is 1. The highest BCUT2D eigenvalue weighted by Gasteiger charge is 2.16. The molecule has 4 rings (SSSR count). The Balaban J connectivity index is 1.73. The maximum absolute atomic E-state index is 9.33. The lowest BCUT2D eigenvalue weighted by Crippen LogP contribution is -2.44. The molecule has 0 spiro atoms. The minimum Gasteiger partial charge on any atom is -0.392 e. The molecule has 1 aliphatic rings. The van der Waals surface area contributed by atoms with Gasteiger partial charge in [-0.05, 0) is 41.0 Å². The quantitative estimate of drug-likeness (QED) is 0.757. The Hall–Kier alpha value is -2.14. The van der Waals surface area contributed by atoms with Crippen molar-refractivity contribution in [1.82, 2.24) is 10.3 Å². The van der Waals surface area contributed by atoms with Gasteiger partial charge in [-0.25, -0.2) is 4.98 Å². The molecule has 4 nitrogen and oxygen atoms in total. The Bertz CT molecular complexity index is 907. The standard InChI is InChI=1S/C20H20ClN3O/c21-18-12-17-11-16(15-3-1-2-14(10-15)13-25)4-5-19(17)23-20(18)24-8-6-22-7-9-24/h1-5,10-12,22,25H,6-9,13H2.